The van der Waals surface area contributed by atoms with Crippen LogP contribution in [-0.4, -0.2) is 110 Å². The number of anilines is 2. The third-order valence-electron chi connectivity index (χ3n) is 10.3. The van der Waals surface area contributed by atoms with Crippen molar-refractivity contribution >= 4 is 57.8 Å². The predicted molar refractivity (Wildman–Crippen MR) is 207 cm³/mol. The fraction of sp³-hybridized carbons (Fsp3) is 0.375. The summed E-state index contributed by atoms with van der Waals surface area (Å²) in [5, 5.41) is 0.538. The van der Waals surface area contributed by atoms with Crippen molar-refractivity contribution in [2.24, 2.45) is 0 Å². The second kappa shape index (κ2) is 17.2. The van der Waals surface area contributed by atoms with Gasteiger partial charge in [-0.05, 0) is 78.2 Å². The molecule has 0 bridgehead atoms. The van der Waals surface area contributed by atoms with E-state index < -0.39 is 47.9 Å². The van der Waals surface area contributed by atoms with Crippen LogP contribution in [-0.2, 0) is 31.7 Å². The monoisotopic (exact) mass is 810 g/mol. The molecule has 17 heteroatoms. The molecule has 1 aromatic heterocycles. The first-order valence-corrected chi connectivity index (χ1v) is 18.7. The lowest BCUT2D eigenvalue weighted by Gasteiger charge is -2.38. The minimum atomic E-state index is -4.82. The van der Waals surface area contributed by atoms with E-state index in [1.54, 1.807) is 38.4 Å². The Morgan fingerprint density at radius 1 is 0.930 bits per heavy atom. The van der Waals surface area contributed by atoms with Crippen molar-refractivity contribution in [1.29, 1.82) is 0 Å². The quantitative estimate of drug-likeness (QED) is 0.169. The number of halogens is 4. The molecule has 0 spiro atoms. The maximum atomic E-state index is 14.1. The van der Waals surface area contributed by atoms with Gasteiger partial charge in [-0.3, -0.25) is 14.4 Å². The number of aromatic amines is 1. The van der Waals surface area contributed by atoms with Gasteiger partial charge in [-0.1, -0.05) is 29.8 Å². The van der Waals surface area contributed by atoms with E-state index in [0.717, 1.165) is 22.7 Å². The number of esters is 1. The minimum absolute atomic E-state index is 0.00486. The highest BCUT2D eigenvalue weighted by molar-refractivity contribution is 6.33. The van der Waals surface area contributed by atoms with E-state index in [-0.39, 0.29) is 66.3 Å². The molecular formula is C40H42ClF3N6O7. The highest BCUT2D eigenvalue weighted by Gasteiger charge is 2.37. The second-order valence-electron chi connectivity index (χ2n) is 14.2. The Morgan fingerprint density at radius 2 is 1.60 bits per heavy atom. The number of ether oxygens (including phenoxy) is 2. The van der Waals surface area contributed by atoms with Gasteiger partial charge in [0.2, 0.25) is 0 Å². The molecule has 2 saturated heterocycles. The average Bonchev–Trinajstić information content (AvgIpc) is 3.20. The zero-order valence-corrected chi connectivity index (χ0v) is 32.1. The number of likely N-dealkylation sites (N-methyl/N-ethyl adjacent to an activating group) is 1. The maximum absolute atomic E-state index is 14.1. The van der Waals surface area contributed by atoms with Gasteiger partial charge in [0.1, 0.15) is 0 Å². The van der Waals surface area contributed by atoms with Crippen LogP contribution in [0.4, 0.5) is 29.3 Å². The standard InChI is InChI=1S/C40H42ClF3N6O7/c1-47(2)34(51)23-56-38(54)26-7-9-28(10-8-26)48-15-17-49(18-16-48)37(53)33(21-24-19-30(40(42,43)44)35(45)31(41)20-24)57-39(55)50-13-11-25(12-14-50)29-22-27-5-3-4-6-32(27)46-36(29)52/h3-10,19-20,22,25,33H,11-18,21,23,45H2,1-2H3,(H,46,52)/t33-/m1/s1. The summed E-state index contributed by atoms with van der Waals surface area (Å²) in [5.41, 5.74) is 5.99. The van der Waals surface area contributed by atoms with Gasteiger partial charge in [0, 0.05) is 76.6 Å². The van der Waals surface area contributed by atoms with Gasteiger partial charge in [0.05, 0.1) is 21.8 Å². The first-order chi connectivity index (χ1) is 27.1. The molecule has 3 amide bonds. The van der Waals surface area contributed by atoms with Gasteiger partial charge >= 0.3 is 18.2 Å². The Hall–Kier alpha value is -5.77. The van der Waals surface area contributed by atoms with Crippen molar-refractivity contribution in [1.82, 2.24) is 19.7 Å². The molecule has 2 fully saturated rings. The summed E-state index contributed by atoms with van der Waals surface area (Å²) in [6.45, 7) is 1.19. The Morgan fingerprint density at radius 3 is 2.25 bits per heavy atom. The number of benzene rings is 3. The summed E-state index contributed by atoms with van der Waals surface area (Å²) in [6, 6.07) is 17.9. The van der Waals surface area contributed by atoms with Crippen molar-refractivity contribution in [2.45, 2.75) is 37.5 Å². The van der Waals surface area contributed by atoms with Gasteiger partial charge in [-0.15, -0.1) is 0 Å². The molecule has 13 nitrogen and oxygen atoms in total. The number of pyridine rings is 1. The van der Waals surface area contributed by atoms with Crippen LogP contribution in [0.2, 0.25) is 5.02 Å². The van der Waals surface area contributed by atoms with E-state index in [0.29, 0.717) is 31.5 Å². The number of likely N-dealkylation sites (tertiary alicyclic amines) is 1. The molecule has 3 heterocycles. The van der Waals surface area contributed by atoms with Crippen molar-refractivity contribution in [3.8, 4) is 0 Å². The number of para-hydroxylation sites is 1. The first kappa shape index (κ1) is 40.9. The molecule has 0 radical (unpaired) electrons. The lowest BCUT2D eigenvalue weighted by molar-refractivity contribution is -0.141. The first-order valence-electron chi connectivity index (χ1n) is 18.3. The number of carbonyl (C=O) groups is 4. The van der Waals surface area contributed by atoms with Crippen LogP contribution < -0.4 is 16.2 Å². The number of amides is 3. The fourth-order valence-electron chi connectivity index (χ4n) is 6.99. The molecule has 3 N–H and O–H groups in total. The van der Waals surface area contributed by atoms with Crippen molar-refractivity contribution < 1.29 is 41.8 Å². The highest BCUT2D eigenvalue weighted by Crippen LogP contribution is 2.38. The molecule has 1 atom stereocenters. The van der Waals surface area contributed by atoms with Crippen LogP contribution in [0.3, 0.4) is 0 Å². The summed E-state index contributed by atoms with van der Waals surface area (Å²) in [6.07, 6.45) is -6.60. The lowest BCUT2D eigenvalue weighted by Crippen LogP contribution is -2.53. The third kappa shape index (κ3) is 9.62. The average molecular weight is 811 g/mol. The molecule has 0 unspecified atom stereocenters. The van der Waals surface area contributed by atoms with E-state index in [1.165, 1.54) is 20.8 Å². The molecule has 6 rings (SSSR count). The van der Waals surface area contributed by atoms with E-state index in [1.807, 2.05) is 35.2 Å². The molecule has 2 aliphatic heterocycles. The van der Waals surface area contributed by atoms with Crippen molar-refractivity contribution in [3.63, 3.8) is 0 Å². The number of nitrogen functional groups attached to an aromatic ring is 1. The Kier molecular flexibility index (Phi) is 12.3. The molecular weight excluding hydrogens is 769 g/mol. The summed E-state index contributed by atoms with van der Waals surface area (Å²) in [5.74, 6) is -1.73. The topological polar surface area (TPSA) is 159 Å². The summed E-state index contributed by atoms with van der Waals surface area (Å²) in [4.78, 5) is 73.9. The molecule has 0 aliphatic carbocycles. The van der Waals surface area contributed by atoms with Crippen LogP contribution in [0.5, 0.6) is 0 Å². The van der Waals surface area contributed by atoms with E-state index in [2.05, 4.69) is 4.98 Å². The van der Waals surface area contributed by atoms with Crippen molar-refractivity contribution in [2.75, 3.05) is 70.6 Å². The predicted octanol–water partition coefficient (Wildman–Crippen LogP) is 5.30. The summed E-state index contributed by atoms with van der Waals surface area (Å²) in [7, 11) is 3.11. The number of nitrogens with two attached hydrogens (primary N) is 1. The van der Waals surface area contributed by atoms with E-state index in [4.69, 9.17) is 26.8 Å². The maximum Gasteiger partial charge on any atom is 0.418 e. The number of piperazine rings is 1. The number of hydrogen-bond acceptors (Lipinski definition) is 9. The van der Waals surface area contributed by atoms with Crippen LogP contribution in [0.1, 0.15) is 45.8 Å². The van der Waals surface area contributed by atoms with Crippen molar-refractivity contribution in [3.05, 3.63) is 104 Å². The van der Waals surface area contributed by atoms with E-state index >= 15 is 0 Å². The van der Waals surface area contributed by atoms with Crippen LogP contribution in [0.25, 0.3) is 10.9 Å². The minimum Gasteiger partial charge on any atom is -0.452 e. The van der Waals surface area contributed by atoms with E-state index in [9.17, 15) is 37.1 Å². The van der Waals surface area contributed by atoms with Crippen LogP contribution in [0.15, 0.2) is 71.5 Å². The number of carbonyl (C=O) groups excluding carboxylic acids is 4. The number of aromatic nitrogens is 1. The Labute approximate surface area is 331 Å². The summed E-state index contributed by atoms with van der Waals surface area (Å²) < 4.78 is 52.5. The molecule has 4 aromatic rings. The molecule has 0 saturated carbocycles. The van der Waals surface area contributed by atoms with Gasteiger partial charge in [-0.2, -0.15) is 13.2 Å². The van der Waals surface area contributed by atoms with Crippen LogP contribution in [0, 0.1) is 0 Å². The molecule has 57 heavy (non-hydrogen) atoms. The lowest BCUT2D eigenvalue weighted by atomic mass is 9.89. The number of hydrogen-bond donors (Lipinski definition) is 2. The Bertz CT molecular complexity index is 2200. The molecule has 3 aromatic carbocycles. The largest absolute Gasteiger partial charge is 0.452 e. The number of fused-ring (bicyclic) bond motifs is 1. The van der Waals surface area contributed by atoms with Crippen LogP contribution >= 0.6 is 11.6 Å². The molecule has 2 aliphatic rings. The zero-order valence-electron chi connectivity index (χ0n) is 31.3. The van der Waals surface area contributed by atoms with Gasteiger partial charge in [0.15, 0.2) is 12.7 Å². The fourth-order valence-corrected chi connectivity index (χ4v) is 7.24. The smallest absolute Gasteiger partial charge is 0.418 e. The third-order valence-corrected chi connectivity index (χ3v) is 10.6. The summed E-state index contributed by atoms with van der Waals surface area (Å²) >= 11 is 6.11. The number of nitrogens with one attached hydrogen (secondary N) is 1. The Balaban J connectivity index is 1.13. The number of piperidine rings is 1. The second-order valence-corrected chi connectivity index (χ2v) is 14.6. The zero-order chi connectivity index (χ0) is 41.0. The number of alkyl halides is 3. The van der Waals surface area contributed by atoms with Gasteiger partial charge in [-0.25, -0.2) is 9.59 Å². The molecule has 302 valence electrons. The number of nitrogens with zero attached hydrogens (tertiary/aromatic N) is 4. The van der Waals surface area contributed by atoms with Gasteiger partial charge < -0.3 is 39.8 Å². The normalized spacial score (nSPS) is 15.6. The number of rotatable bonds is 9. The highest BCUT2D eigenvalue weighted by atomic mass is 35.5. The van der Waals surface area contributed by atoms with Gasteiger partial charge in [0.25, 0.3) is 17.4 Å². The number of H-pyrrole nitrogens is 1. The SMILES string of the molecule is CN(C)C(=O)COC(=O)c1ccc(N2CCN(C(=O)[C@@H](Cc3cc(Cl)c(N)c(C(F)(F)F)c3)OC(=O)N3CCC(c4cc5ccccc5[nH]c4=O)CC3)CC2)cc1.